The molecule has 2 rings (SSSR count). The van der Waals surface area contributed by atoms with E-state index in [1.165, 1.54) is 5.56 Å². The second-order valence-electron chi connectivity index (χ2n) is 5.05. The normalized spacial score (nSPS) is 12.5. The number of hydrogen-bond acceptors (Lipinski definition) is 1. The van der Waals surface area contributed by atoms with Gasteiger partial charge in [-0.05, 0) is 42.8 Å². The van der Waals surface area contributed by atoms with Gasteiger partial charge in [0.15, 0.2) is 0 Å². The highest BCUT2D eigenvalue weighted by atomic mass is 19.1. The van der Waals surface area contributed by atoms with E-state index in [1.54, 1.807) is 6.07 Å². The molecule has 0 spiro atoms. The van der Waals surface area contributed by atoms with Crippen LogP contribution in [0.4, 0.5) is 4.39 Å². The molecular formula is C18H22FN. The van der Waals surface area contributed by atoms with Crippen molar-refractivity contribution in [2.75, 3.05) is 6.54 Å². The Morgan fingerprint density at radius 3 is 2.65 bits per heavy atom. The van der Waals surface area contributed by atoms with Gasteiger partial charge in [0.05, 0.1) is 0 Å². The molecule has 0 aliphatic carbocycles. The zero-order valence-corrected chi connectivity index (χ0v) is 12.0. The van der Waals surface area contributed by atoms with E-state index in [9.17, 15) is 4.39 Å². The molecule has 1 N–H and O–H groups in total. The van der Waals surface area contributed by atoms with E-state index in [2.05, 4.69) is 18.8 Å². The van der Waals surface area contributed by atoms with Crippen LogP contribution in [0.1, 0.15) is 37.8 Å². The van der Waals surface area contributed by atoms with Crippen LogP contribution in [0.5, 0.6) is 0 Å². The molecular weight excluding hydrogens is 249 g/mol. The first-order chi connectivity index (χ1) is 9.77. The maximum Gasteiger partial charge on any atom is 0.131 e. The Kier molecular flexibility index (Phi) is 5.31. The first kappa shape index (κ1) is 14.7. The summed E-state index contributed by atoms with van der Waals surface area (Å²) in [6.45, 7) is 6.91. The van der Waals surface area contributed by atoms with E-state index in [0.29, 0.717) is 5.39 Å². The third kappa shape index (κ3) is 3.26. The molecule has 0 radical (unpaired) electrons. The van der Waals surface area contributed by atoms with Crippen LogP contribution in [0.15, 0.2) is 49.1 Å². The van der Waals surface area contributed by atoms with Crippen LogP contribution in [0.2, 0.25) is 0 Å². The highest BCUT2D eigenvalue weighted by molar-refractivity contribution is 5.86. The number of hydrogen-bond donors (Lipinski definition) is 1. The first-order valence-electron chi connectivity index (χ1n) is 7.29. The van der Waals surface area contributed by atoms with E-state index in [4.69, 9.17) is 0 Å². The number of fused-ring (bicyclic) bond motifs is 1. The van der Waals surface area contributed by atoms with Crippen molar-refractivity contribution in [1.29, 1.82) is 0 Å². The Labute approximate surface area is 120 Å². The zero-order chi connectivity index (χ0) is 14.4. The van der Waals surface area contributed by atoms with Gasteiger partial charge in [-0.25, -0.2) is 4.39 Å². The fourth-order valence-corrected chi connectivity index (χ4v) is 2.56. The molecule has 0 saturated heterocycles. The predicted molar refractivity (Wildman–Crippen MR) is 84.4 cm³/mol. The highest BCUT2D eigenvalue weighted by Crippen LogP contribution is 2.29. The third-order valence-corrected chi connectivity index (χ3v) is 3.58. The molecule has 0 heterocycles. The monoisotopic (exact) mass is 271 g/mol. The van der Waals surface area contributed by atoms with Crippen molar-refractivity contribution in [1.82, 2.24) is 5.32 Å². The quantitative estimate of drug-likeness (QED) is 0.700. The zero-order valence-electron chi connectivity index (χ0n) is 12.0. The summed E-state index contributed by atoms with van der Waals surface area (Å²) < 4.78 is 13.9. The van der Waals surface area contributed by atoms with Gasteiger partial charge in [-0.3, -0.25) is 0 Å². The summed E-state index contributed by atoms with van der Waals surface area (Å²) >= 11 is 0. The summed E-state index contributed by atoms with van der Waals surface area (Å²) in [5.41, 5.74) is 1.18. The van der Waals surface area contributed by atoms with Gasteiger partial charge in [-0.1, -0.05) is 43.3 Å². The Morgan fingerprint density at radius 1 is 1.20 bits per heavy atom. The van der Waals surface area contributed by atoms with Gasteiger partial charge in [0.25, 0.3) is 0 Å². The number of nitrogens with one attached hydrogen (secondary N) is 1. The van der Waals surface area contributed by atoms with Crippen LogP contribution in [0.3, 0.4) is 0 Å². The lowest BCUT2D eigenvalue weighted by Crippen LogP contribution is -2.22. The van der Waals surface area contributed by atoms with Gasteiger partial charge in [-0.2, -0.15) is 0 Å². The fourth-order valence-electron chi connectivity index (χ4n) is 2.56. The minimum absolute atomic E-state index is 0.151. The van der Waals surface area contributed by atoms with Crippen molar-refractivity contribution < 1.29 is 4.39 Å². The Hall–Kier alpha value is -1.67. The second kappa shape index (κ2) is 7.20. The Balaban J connectivity index is 2.41. The molecule has 0 saturated carbocycles. The van der Waals surface area contributed by atoms with Crippen molar-refractivity contribution in [3.05, 3.63) is 60.4 Å². The van der Waals surface area contributed by atoms with Crippen LogP contribution >= 0.6 is 0 Å². The molecule has 0 fully saturated rings. The molecule has 20 heavy (non-hydrogen) atoms. The lowest BCUT2D eigenvalue weighted by atomic mass is 9.95. The molecule has 2 aromatic rings. The fraction of sp³-hybridized carbons (Fsp3) is 0.333. The molecule has 1 atom stereocenters. The van der Waals surface area contributed by atoms with Crippen LogP contribution < -0.4 is 5.32 Å². The average Bonchev–Trinajstić information content (AvgIpc) is 2.49. The van der Waals surface area contributed by atoms with Gasteiger partial charge in [-0.15, -0.1) is 6.58 Å². The number of rotatable bonds is 7. The van der Waals surface area contributed by atoms with E-state index in [-0.39, 0.29) is 11.9 Å². The van der Waals surface area contributed by atoms with Crippen molar-refractivity contribution in [3.8, 4) is 0 Å². The first-order valence-corrected chi connectivity index (χ1v) is 7.29. The molecule has 106 valence electrons. The molecule has 0 aromatic heterocycles. The maximum atomic E-state index is 13.9. The van der Waals surface area contributed by atoms with Gasteiger partial charge in [0.2, 0.25) is 0 Å². The van der Waals surface area contributed by atoms with Gasteiger partial charge >= 0.3 is 0 Å². The van der Waals surface area contributed by atoms with E-state index in [0.717, 1.165) is 31.2 Å². The predicted octanol–water partition coefficient (Wildman–Crippen LogP) is 4.99. The van der Waals surface area contributed by atoms with Crippen LogP contribution in [-0.4, -0.2) is 6.54 Å². The topological polar surface area (TPSA) is 12.0 Å². The second-order valence-corrected chi connectivity index (χ2v) is 5.05. The third-order valence-electron chi connectivity index (χ3n) is 3.58. The number of halogens is 1. The SMILES string of the molecule is C=CCCC(NCCC)c1ccc(F)c2ccccc12. The minimum Gasteiger partial charge on any atom is -0.310 e. The van der Waals surface area contributed by atoms with Crippen molar-refractivity contribution >= 4 is 10.8 Å². The smallest absolute Gasteiger partial charge is 0.131 e. The molecule has 0 amide bonds. The molecule has 0 aliphatic rings. The van der Waals surface area contributed by atoms with E-state index >= 15 is 0 Å². The highest BCUT2D eigenvalue weighted by Gasteiger charge is 2.14. The molecule has 1 unspecified atom stereocenters. The van der Waals surface area contributed by atoms with Gasteiger partial charge < -0.3 is 5.32 Å². The van der Waals surface area contributed by atoms with Crippen LogP contribution in [0.25, 0.3) is 10.8 Å². The van der Waals surface area contributed by atoms with Crippen LogP contribution in [-0.2, 0) is 0 Å². The summed E-state index contributed by atoms with van der Waals surface area (Å²) in [7, 11) is 0. The average molecular weight is 271 g/mol. The standard InChI is InChI=1S/C18H22FN/c1-3-5-10-18(20-13-4-2)16-11-12-17(19)15-9-7-6-8-14(15)16/h3,6-9,11-12,18,20H,1,4-5,10,13H2,2H3. The Bertz CT molecular complexity index is 577. The Morgan fingerprint density at radius 2 is 1.95 bits per heavy atom. The molecule has 0 bridgehead atoms. The largest absolute Gasteiger partial charge is 0.310 e. The lowest BCUT2D eigenvalue weighted by molar-refractivity contribution is 0.505. The van der Waals surface area contributed by atoms with E-state index < -0.39 is 0 Å². The van der Waals surface area contributed by atoms with Crippen molar-refractivity contribution in [2.24, 2.45) is 0 Å². The lowest BCUT2D eigenvalue weighted by Gasteiger charge is -2.20. The van der Waals surface area contributed by atoms with E-state index in [1.807, 2.05) is 36.4 Å². The molecule has 2 aromatic carbocycles. The van der Waals surface area contributed by atoms with Crippen molar-refractivity contribution in [2.45, 2.75) is 32.2 Å². The van der Waals surface area contributed by atoms with Gasteiger partial charge in [0, 0.05) is 11.4 Å². The summed E-state index contributed by atoms with van der Waals surface area (Å²) in [6, 6.07) is 11.4. The summed E-state index contributed by atoms with van der Waals surface area (Å²) in [5, 5.41) is 5.27. The van der Waals surface area contributed by atoms with Gasteiger partial charge in [0.1, 0.15) is 5.82 Å². The summed E-state index contributed by atoms with van der Waals surface area (Å²) in [6.07, 6.45) is 4.96. The summed E-state index contributed by atoms with van der Waals surface area (Å²) in [5.74, 6) is -0.151. The molecule has 1 nitrogen and oxygen atoms in total. The minimum atomic E-state index is -0.151. The molecule has 0 aliphatic heterocycles. The number of allylic oxidation sites excluding steroid dienone is 1. The van der Waals surface area contributed by atoms with Crippen LogP contribution in [0, 0.1) is 5.82 Å². The maximum absolute atomic E-state index is 13.9. The summed E-state index contributed by atoms with van der Waals surface area (Å²) in [4.78, 5) is 0. The molecule has 2 heteroatoms. The number of benzene rings is 2. The van der Waals surface area contributed by atoms with Crippen molar-refractivity contribution in [3.63, 3.8) is 0 Å².